The van der Waals surface area contributed by atoms with Crippen LogP contribution in [0.5, 0.6) is 0 Å². The summed E-state index contributed by atoms with van der Waals surface area (Å²) in [5, 5.41) is 4.17. The first-order valence-electron chi connectivity index (χ1n) is 11.4. The minimum absolute atomic E-state index is 0.0262. The van der Waals surface area contributed by atoms with E-state index in [4.69, 9.17) is 9.72 Å². The van der Waals surface area contributed by atoms with Crippen LogP contribution in [0.15, 0.2) is 54.6 Å². The zero-order valence-electron chi connectivity index (χ0n) is 19.5. The highest BCUT2D eigenvalue weighted by molar-refractivity contribution is 6.09. The van der Waals surface area contributed by atoms with E-state index in [2.05, 4.69) is 50.0 Å². The van der Waals surface area contributed by atoms with Crippen molar-refractivity contribution in [2.24, 2.45) is 5.41 Å². The van der Waals surface area contributed by atoms with Gasteiger partial charge in [-0.3, -0.25) is 9.69 Å². The lowest BCUT2D eigenvalue weighted by atomic mass is 9.87. The maximum atomic E-state index is 13.8. The fourth-order valence-corrected chi connectivity index (χ4v) is 3.97. The average Bonchev–Trinajstić information content (AvgIpc) is 2.79. The molecule has 1 atom stereocenters. The van der Waals surface area contributed by atoms with Gasteiger partial charge < -0.3 is 10.1 Å². The molecule has 0 radical (unpaired) electrons. The molecule has 0 unspecified atom stereocenters. The van der Waals surface area contributed by atoms with E-state index in [1.165, 1.54) is 0 Å². The second kappa shape index (κ2) is 9.39. The van der Waals surface area contributed by atoms with E-state index >= 15 is 0 Å². The van der Waals surface area contributed by atoms with Crippen LogP contribution in [-0.2, 0) is 11.3 Å². The molecule has 0 bridgehead atoms. The van der Waals surface area contributed by atoms with E-state index in [-0.39, 0.29) is 17.4 Å². The van der Waals surface area contributed by atoms with Crippen molar-refractivity contribution in [2.45, 2.75) is 40.3 Å². The summed E-state index contributed by atoms with van der Waals surface area (Å²) >= 11 is 0. The Kier molecular flexibility index (Phi) is 6.58. The van der Waals surface area contributed by atoms with Gasteiger partial charge in [0.25, 0.3) is 5.91 Å². The first kappa shape index (κ1) is 22.4. The lowest BCUT2D eigenvalue weighted by Crippen LogP contribution is -2.42. The number of aromatic nitrogens is 1. The molecule has 32 heavy (non-hydrogen) atoms. The number of carbonyl (C=O) groups is 1. The summed E-state index contributed by atoms with van der Waals surface area (Å²) in [7, 11) is 0. The summed E-state index contributed by atoms with van der Waals surface area (Å²) in [5.41, 5.74) is 4.42. The first-order chi connectivity index (χ1) is 15.3. The lowest BCUT2D eigenvalue weighted by Gasteiger charge is -2.30. The molecule has 0 spiro atoms. The van der Waals surface area contributed by atoms with Crippen molar-refractivity contribution < 1.29 is 9.53 Å². The zero-order chi connectivity index (χ0) is 22.7. The smallest absolute Gasteiger partial charge is 0.252 e. The van der Waals surface area contributed by atoms with Crippen LogP contribution in [0.25, 0.3) is 22.2 Å². The van der Waals surface area contributed by atoms with Crippen LogP contribution in [0.1, 0.15) is 43.6 Å². The molecule has 168 valence electrons. The van der Waals surface area contributed by atoms with Crippen LogP contribution in [0.4, 0.5) is 0 Å². The number of nitrogens with one attached hydrogen (secondary N) is 1. The summed E-state index contributed by atoms with van der Waals surface area (Å²) < 4.78 is 5.55. The Balaban J connectivity index is 1.90. The highest BCUT2D eigenvalue weighted by Crippen LogP contribution is 2.32. The number of fused-ring (bicyclic) bond motifs is 1. The minimum Gasteiger partial charge on any atom is -0.379 e. The van der Waals surface area contributed by atoms with Gasteiger partial charge in [-0.05, 0) is 18.4 Å². The van der Waals surface area contributed by atoms with Gasteiger partial charge in [0.05, 0.1) is 30.0 Å². The monoisotopic (exact) mass is 431 g/mol. The lowest BCUT2D eigenvalue weighted by molar-refractivity contribution is 0.0341. The number of rotatable bonds is 5. The van der Waals surface area contributed by atoms with Gasteiger partial charge in [0.1, 0.15) is 0 Å². The SMILES string of the molecule is C[C@H](NC(=O)c1c(CN2CCOCC2)c(-c2ccccc2)nc2ccccc12)C(C)(C)C. The van der Waals surface area contributed by atoms with E-state index in [0.29, 0.717) is 19.8 Å². The third-order valence-electron chi connectivity index (χ3n) is 6.40. The molecule has 0 aliphatic carbocycles. The molecule has 1 N–H and O–H groups in total. The molecule has 2 aromatic carbocycles. The highest BCUT2D eigenvalue weighted by Gasteiger charge is 2.27. The maximum absolute atomic E-state index is 13.8. The second-order valence-corrected chi connectivity index (χ2v) is 9.65. The third-order valence-corrected chi connectivity index (χ3v) is 6.40. The van der Waals surface area contributed by atoms with E-state index in [1.807, 2.05) is 42.5 Å². The molecule has 0 saturated carbocycles. The summed E-state index contributed by atoms with van der Waals surface area (Å²) in [6.07, 6.45) is 0. The molecule has 1 aliphatic rings. The van der Waals surface area contributed by atoms with Gasteiger partial charge in [-0.1, -0.05) is 69.3 Å². The van der Waals surface area contributed by atoms with Crippen LogP contribution in [0, 0.1) is 5.41 Å². The van der Waals surface area contributed by atoms with Gasteiger partial charge in [-0.2, -0.15) is 0 Å². The normalized spacial score (nSPS) is 16.1. The number of hydrogen-bond acceptors (Lipinski definition) is 4. The molecule has 4 rings (SSSR count). The summed E-state index contributed by atoms with van der Waals surface area (Å²) in [4.78, 5) is 21.2. The number of carbonyl (C=O) groups excluding carboxylic acids is 1. The zero-order valence-corrected chi connectivity index (χ0v) is 19.5. The molecule has 5 heteroatoms. The maximum Gasteiger partial charge on any atom is 0.252 e. The quantitative estimate of drug-likeness (QED) is 0.624. The van der Waals surface area contributed by atoms with Gasteiger partial charge in [0, 0.05) is 42.2 Å². The highest BCUT2D eigenvalue weighted by atomic mass is 16.5. The topological polar surface area (TPSA) is 54.5 Å². The Hall–Kier alpha value is -2.76. The van der Waals surface area contributed by atoms with Crippen LogP contribution < -0.4 is 5.32 Å². The Morgan fingerprint density at radius 1 is 1.06 bits per heavy atom. The minimum atomic E-state index is -0.0366. The fraction of sp³-hybridized carbons (Fsp3) is 0.407. The van der Waals surface area contributed by atoms with Gasteiger partial charge in [-0.15, -0.1) is 0 Å². The largest absolute Gasteiger partial charge is 0.379 e. The molecule has 1 amide bonds. The number of hydrogen-bond donors (Lipinski definition) is 1. The number of nitrogens with zero attached hydrogens (tertiary/aromatic N) is 2. The molecule has 1 aliphatic heterocycles. The van der Waals surface area contributed by atoms with Gasteiger partial charge >= 0.3 is 0 Å². The van der Waals surface area contributed by atoms with E-state index in [1.54, 1.807) is 0 Å². The van der Waals surface area contributed by atoms with Crippen molar-refractivity contribution in [3.8, 4) is 11.3 Å². The predicted molar refractivity (Wildman–Crippen MR) is 130 cm³/mol. The van der Waals surface area contributed by atoms with Crippen LogP contribution in [-0.4, -0.2) is 48.1 Å². The number of pyridine rings is 1. The van der Waals surface area contributed by atoms with Crippen LogP contribution >= 0.6 is 0 Å². The van der Waals surface area contributed by atoms with Gasteiger partial charge in [0.2, 0.25) is 0 Å². The number of benzene rings is 2. The average molecular weight is 432 g/mol. The molecule has 1 saturated heterocycles. The standard InChI is InChI=1S/C27H33N3O2/c1-19(27(2,3)4)28-26(31)24-21-12-8-9-13-23(21)29-25(20-10-6-5-7-11-20)22(24)18-30-14-16-32-17-15-30/h5-13,19H,14-18H2,1-4H3,(H,28,31)/t19-/m0/s1. The Labute approximate surface area is 190 Å². The first-order valence-corrected chi connectivity index (χ1v) is 11.4. The molecular weight excluding hydrogens is 398 g/mol. The molecule has 1 fully saturated rings. The second-order valence-electron chi connectivity index (χ2n) is 9.65. The molecular formula is C27H33N3O2. The number of amides is 1. The Bertz CT molecular complexity index is 1080. The Morgan fingerprint density at radius 3 is 2.41 bits per heavy atom. The summed E-state index contributed by atoms with van der Waals surface area (Å²) in [5.74, 6) is -0.0357. The van der Waals surface area contributed by atoms with Crippen LogP contribution in [0.3, 0.4) is 0 Å². The summed E-state index contributed by atoms with van der Waals surface area (Å²) in [6, 6.07) is 18.2. The van der Waals surface area contributed by atoms with Gasteiger partial charge in [0.15, 0.2) is 0 Å². The number of morpholine rings is 1. The van der Waals surface area contributed by atoms with Crippen molar-refractivity contribution in [2.75, 3.05) is 26.3 Å². The van der Waals surface area contributed by atoms with Crippen molar-refractivity contribution >= 4 is 16.8 Å². The van der Waals surface area contributed by atoms with Crippen molar-refractivity contribution in [1.29, 1.82) is 0 Å². The Morgan fingerprint density at radius 2 is 1.72 bits per heavy atom. The molecule has 3 aromatic rings. The number of ether oxygens (including phenoxy) is 1. The van der Waals surface area contributed by atoms with Crippen LogP contribution in [0.2, 0.25) is 0 Å². The van der Waals surface area contributed by atoms with E-state index in [9.17, 15) is 4.79 Å². The number of para-hydroxylation sites is 1. The van der Waals surface area contributed by atoms with Crippen molar-refractivity contribution in [3.63, 3.8) is 0 Å². The molecule has 1 aromatic heterocycles. The van der Waals surface area contributed by atoms with Gasteiger partial charge in [-0.25, -0.2) is 4.98 Å². The van der Waals surface area contributed by atoms with Crippen molar-refractivity contribution in [3.05, 3.63) is 65.7 Å². The van der Waals surface area contributed by atoms with E-state index < -0.39 is 0 Å². The van der Waals surface area contributed by atoms with Crippen molar-refractivity contribution in [1.82, 2.24) is 15.2 Å². The molecule has 2 heterocycles. The predicted octanol–water partition coefficient (Wildman–Crippen LogP) is 4.90. The summed E-state index contributed by atoms with van der Waals surface area (Å²) in [6.45, 7) is 12.3. The fourth-order valence-electron chi connectivity index (χ4n) is 3.97. The third kappa shape index (κ3) is 4.84. The van der Waals surface area contributed by atoms with E-state index in [0.717, 1.165) is 46.4 Å². The molecule has 5 nitrogen and oxygen atoms in total.